The van der Waals surface area contributed by atoms with Crippen molar-refractivity contribution in [1.29, 1.82) is 0 Å². The first-order valence-electron chi connectivity index (χ1n) is 5.02. The molecule has 1 fully saturated rings. The number of alkyl halides is 2. The molecule has 1 saturated heterocycles. The normalized spacial score (nSPS) is 30.3. The molecule has 0 aromatic rings. The fraction of sp³-hybridized carbons (Fsp3) is 1.00. The summed E-state index contributed by atoms with van der Waals surface area (Å²) in [6.07, 6.45) is 0.887. The molecule has 0 aromatic heterocycles. The Morgan fingerprint density at radius 1 is 1.60 bits per heavy atom. The lowest BCUT2D eigenvalue weighted by atomic mass is 10.4. The van der Waals surface area contributed by atoms with Crippen LogP contribution >= 0.6 is 30.9 Å². The second-order valence-electron chi connectivity index (χ2n) is 3.53. The quantitative estimate of drug-likeness (QED) is 0.617. The number of nitrogens with one attached hydrogen (secondary N) is 1. The molecule has 1 rings (SSSR count). The van der Waals surface area contributed by atoms with Crippen molar-refractivity contribution in [3.63, 3.8) is 0 Å². The lowest BCUT2D eigenvalue weighted by Crippen LogP contribution is -2.39. The molecule has 7 heteroatoms. The van der Waals surface area contributed by atoms with Crippen molar-refractivity contribution < 1.29 is 9.09 Å². The van der Waals surface area contributed by atoms with E-state index in [1.165, 1.54) is 0 Å². The Hall–Kier alpha value is 0.690. The van der Waals surface area contributed by atoms with Crippen molar-refractivity contribution in [2.75, 3.05) is 31.5 Å². The van der Waals surface area contributed by atoms with Gasteiger partial charge in [-0.05, 0) is 13.3 Å². The van der Waals surface area contributed by atoms with Gasteiger partial charge in [-0.25, -0.2) is 9.76 Å². The Labute approximate surface area is 101 Å². The van der Waals surface area contributed by atoms with E-state index in [0.29, 0.717) is 24.9 Å². The Morgan fingerprint density at radius 3 is 2.93 bits per heavy atom. The van der Waals surface area contributed by atoms with Gasteiger partial charge in [-0.2, -0.15) is 0 Å². The maximum absolute atomic E-state index is 12.4. The summed E-state index contributed by atoms with van der Waals surface area (Å²) in [6.45, 7) is 3.73. The summed E-state index contributed by atoms with van der Waals surface area (Å²) in [7, 11) is -2.90. The van der Waals surface area contributed by atoms with Crippen LogP contribution in [0.2, 0.25) is 0 Å². The van der Waals surface area contributed by atoms with Crippen LogP contribution < -0.4 is 5.09 Å². The predicted molar refractivity (Wildman–Crippen MR) is 63.8 cm³/mol. The zero-order valence-corrected chi connectivity index (χ0v) is 11.2. The molecule has 2 unspecified atom stereocenters. The third kappa shape index (κ3) is 3.88. The Balaban J connectivity index is 2.63. The van der Waals surface area contributed by atoms with Gasteiger partial charge in [0.15, 0.2) is 0 Å². The third-order valence-electron chi connectivity index (χ3n) is 2.16. The summed E-state index contributed by atoms with van der Waals surface area (Å²) in [6, 6.07) is -0.0339. The van der Waals surface area contributed by atoms with E-state index in [1.54, 1.807) is 4.67 Å². The van der Waals surface area contributed by atoms with Crippen LogP contribution in [0.1, 0.15) is 13.3 Å². The van der Waals surface area contributed by atoms with Gasteiger partial charge < -0.3 is 4.52 Å². The summed E-state index contributed by atoms with van der Waals surface area (Å²) in [5.41, 5.74) is 0. The van der Waals surface area contributed by atoms with Crippen LogP contribution in [0.3, 0.4) is 0 Å². The second kappa shape index (κ2) is 6.43. The smallest absolute Gasteiger partial charge is 0.306 e. The van der Waals surface area contributed by atoms with Crippen molar-refractivity contribution in [2.45, 2.75) is 19.4 Å². The van der Waals surface area contributed by atoms with Crippen molar-refractivity contribution >= 4 is 30.9 Å². The Morgan fingerprint density at radius 2 is 2.33 bits per heavy atom. The summed E-state index contributed by atoms with van der Waals surface area (Å²) in [5.74, 6) is 0.854. The van der Waals surface area contributed by atoms with Crippen LogP contribution in [0, 0.1) is 0 Å². The molecule has 4 nitrogen and oxygen atoms in total. The van der Waals surface area contributed by atoms with E-state index < -0.39 is 7.67 Å². The highest BCUT2D eigenvalue weighted by atomic mass is 35.5. The summed E-state index contributed by atoms with van der Waals surface area (Å²) in [5, 5.41) is 2.95. The van der Waals surface area contributed by atoms with Gasteiger partial charge in [0.25, 0.3) is 0 Å². The zero-order chi connectivity index (χ0) is 11.3. The summed E-state index contributed by atoms with van der Waals surface area (Å²) in [4.78, 5) is 0. The van der Waals surface area contributed by atoms with Gasteiger partial charge in [0.2, 0.25) is 0 Å². The molecule has 15 heavy (non-hydrogen) atoms. The van der Waals surface area contributed by atoms with Gasteiger partial charge >= 0.3 is 7.67 Å². The molecule has 1 aliphatic heterocycles. The molecule has 1 heterocycles. The zero-order valence-electron chi connectivity index (χ0n) is 8.79. The van der Waals surface area contributed by atoms with E-state index in [-0.39, 0.29) is 6.04 Å². The van der Waals surface area contributed by atoms with Crippen LogP contribution in [0.15, 0.2) is 0 Å². The van der Waals surface area contributed by atoms with Gasteiger partial charge in [0.05, 0.1) is 6.61 Å². The largest absolute Gasteiger partial charge is 0.343 e. The highest BCUT2D eigenvalue weighted by molar-refractivity contribution is 7.54. The highest BCUT2D eigenvalue weighted by Gasteiger charge is 2.35. The van der Waals surface area contributed by atoms with Crippen LogP contribution in [0.25, 0.3) is 0 Å². The van der Waals surface area contributed by atoms with E-state index in [9.17, 15) is 4.57 Å². The Kier molecular flexibility index (Phi) is 5.90. The maximum atomic E-state index is 12.4. The fourth-order valence-corrected chi connectivity index (χ4v) is 4.12. The monoisotopic (exact) mass is 274 g/mol. The average Bonchev–Trinajstić information content (AvgIpc) is 2.21. The molecule has 0 bridgehead atoms. The molecule has 0 aromatic carbocycles. The van der Waals surface area contributed by atoms with E-state index >= 15 is 0 Å². The lowest BCUT2D eigenvalue weighted by molar-refractivity contribution is 0.201. The van der Waals surface area contributed by atoms with Crippen molar-refractivity contribution in [3.05, 3.63) is 0 Å². The Bertz CT molecular complexity index is 241. The molecule has 90 valence electrons. The van der Waals surface area contributed by atoms with Crippen LogP contribution in [0.4, 0.5) is 0 Å². The lowest BCUT2D eigenvalue weighted by Gasteiger charge is -2.35. The number of rotatable bonds is 5. The number of hydrogen-bond donors (Lipinski definition) is 1. The fourth-order valence-electron chi connectivity index (χ4n) is 1.42. The van der Waals surface area contributed by atoms with E-state index in [2.05, 4.69) is 5.09 Å². The molecule has 0 radical (unpaired) electrons. The minimum absolute atomic E-state index is 0.0339. The molecule has 0 saturated carbocycles. The van der Waals surface area contributed by atoms with Crippen LogP contribution in [0.5, 0.6) is 0 Å². The van der Waals surface area contributed by atoms with Crippen molar-refractivity contribution in [3.8, 4) is 0 Å². The first-order chi connectivity index (χ1) is 7.12. The van der Waals surface area contributed by atoms with Crippen LogP contribution in [-0.2, 0) is 9.09 Å². The number of hydrogen-bond acceptors (Lipinski definition) is 2. The van der Waals surface area contributed by atoms with Gasteiger partial charge in [-0.15, -0.1) is 23.2 Å². The van der Waals surface area contributed by atoms with E-state index in [4.69, 9.17) is 27.7 Å². The summed E-state index contributed by atoms with van der Waals surface area (Å²) >= 11 is 11.3. The average molecular weight is 275 g/mol. The second-order valence-corrected chi connectivity index (χ2v) is 6.34. The van der Waals surface area contributed by atoms with E-state index in [0.717, 1.165) is 13.0 Å². The highest BCUT2D eigenvalue weighted by Crippen LogP contribution is 2.49. The summed E-state index contributed by atoms with van der Waals surface area (Å²) < 4.78 is 19.5. The van der Waals surface area contributed by atoms with Gasteiger partial charge in [-0.1, -0.05) is 0 Å². The number of nitrogens with zero attached hydrogens (tertiary/aromatic N) is 1. The molecule has 0 aliphatic carbocycles. The van der Waals surface area contributed by atoms with Gasteiger partial charge in [-0.3, -0.25) is 4.57 Å². The van der Waals surface area contributed by atoms with Crippen molar-refractivity contribution in [1.82, 2.24) is 9.76 Å². The van der Waals surface area contributed by atoms with E-state index in [1.807, 2.05) is 6.92 Å². The molecular weight excluding hydrogens is 258 g/mol. The molecule has 1 N–H and O–H groups in total. The van der Waals surface area contributed by atoms with Crippen LogP contribution in [-0.4, -0.2) is 42.2 Å². The number of halogens is 2. The predicted octanol–water partition coefficient (Wildman–Crippen LogP) is 2.27. The standard InChI is InChI=1S/C8H17Cl2N2O2P/c1-8(7-10)11-15(13)12(5-3-9)4-2-6-14-15/h8H,2-7H2,1H3,(H,11,13). The minimum Gasteiger partial charge on any atom is -0.306 e. The van der Waals surface area contributed by atoms with Gasteiger partial charge in [0.1, 0.15) is 0 Å². The minimum atomic E-state index is -2.90. The third-order valence-corrected chi connectivity index (χ3v) is 5.23. The first kappa shape index (κ1) is 13.8. The molecular formula is C8H17Cl2N2O2P. The molecule has 1 aliphatic rings. The maximum Gasteiger partial charge on any atom is 0.343 e. The molecule has 0 amide bonds. The SMILES string of the molecule is CC(CCl)NP1(=O)OCCCN1CCCl. The first-order valence-corrected chi connectivity index (χ1v) is 7.67. The van der Waals surface area contributed by atoms with Gasteiger partial charge in [0, 0.05) is 30.9 Å². The van der Waals surface area contributed by atoms with Crippen molar-refractivity contribution in [2.24, 2.45) is 0 Å². The topological polar surface area (TPSA) is 41.6 Å². The molecule has 2 atom stereocenters. The molecule has 0 spiro atoms.